The summed E-state index contributed by atoms with van der Waals surface area (Å²) in [7, 11) is 1.59. The van der Waals surface area contributed by atoms with Gasteiger partial charge in [-0.3, -0.25) is 9.59 Å². The predicted octanol–water partition coefficient (Wildman–Crippen LogP) is 4.50. The largest absolute Gasteiger partial charge is 0.497 e. The highest BCUT2D eigenvalue weighted by atomic mass is 35.5. The molecule has 1 N–H and O–H groups in total. The van der Waals surface area contributed by atoms with Crippen LogP contribution in [0.4, 0.5) is 0 Å². The molecule has 7 heteroatoms. The Morgan fingerprint density at radius 3 is 2.18 bits per heavy atom. The van der Waals surface area contributed by atoms with E-state index in [4.69, 9.17) is 21.1 Å². The summed E-state index contributed by atoms with van der Waals surface area (Å²) in [5, 5.41) is 3.48. The van der Waals surface area contributed by atoms with Gasteiger partial charge in [-0.05, 0) is 54.4 Å². The Kier molecular flexibility index (Phi) is 9.35. The van der Waals surface area contributed by atoms with Crippen LogP contribution in [-0.2, 0) is 22.6 Å². The Morgan fingerprint density at radius 1 is 0.912 bits per heavy atom. The highest BCUT2D eigenvalue weighted by Gasteiger charge is 2.30. The maximum absolute atomic E-state index is 13.4. The summed E-state index contributed by atoms with van der Waals surface area (Å²) >= 11 is 6.04. The summed E-state index contributed by atoms with van der Waals surface area (Å²) in [6.45, 7) is 2.37. The first kappa shape index (κ1) is 25.1. The quantitative estimate of drug-likeness (QED) is 0.438. The number of amides is 2. The number of benzene rings is 3. The molecule has 0 fully saturated rings. The number of nitrogens with one attached hydrogen (secondary N) is 1. The van der Waals surface area contributed by atoms with E-state index in [1.165, 1.54) is 0 Å². The summed E-state index contributed by atoms with van der Waals surface area (Å²) in [4.78, 5) is 28.1. The normalized spacial score (nSPS) is 11.4. The molecule has 3 aromatic rings. The molecule has 0 aliphatic rings. The van der Waals surface area contributed by atoms with Crippen molar-refractivity contribution in [3.05, 3.63) is 95.0 Å². The van der Waals surface area contributed by atoms with Crippen LogP contribution in [0.5, 0.6) is 11.5 Å². The van der Waals surface area contributed by atoms with Crippen LogP contribution in [0.25, 0.3) is 0 Å². The van der Waals surface area contributed by atoms with Gasteiger partial charge in [0.15, 0.2) is 6.61 Å². The van der Waals surface area contributed by atoms with Gasteiger partial charge in [0.05, 0.1) is 7.11 Å². The zero-order valence-corrected chi connectivity index (χ0v) is 20.1. The molecule has 0 aliphatic heterocycles. The first-order chi connectivity index (χ1) is 16.5. The fourth-order valence-corrected chi connectivity index (χ4v) is 3.66. The van der Waals surface area contributed by atoms with Gasteiger partial charge in [0.25, 0.3) is 5.91 Å². The van der Waals surface area contributed by atoms with Gasteiger partial charge >= 0.3 is 0 Å². The van der Waals surface area contributed by atoms with Gasteiger partial charge in [-0.1, -0.05) is 54.1 Å². The Labute approximate surface area is 205 Å². The second-order valence-electron chi connectivity index (χ2n) is 7.71. The van der Waals surface area contributed by atoms with E-state index in [-0.39, 0.29) is 25.0 Å². The number of carbonyl (C=O) groups excluding carboxylic acids is 2. The Morgan fingerprint density at radius 2 is 1.56 bits per heavy atom. The predicted molar refractivity (Wildman–Crippen MR) is 133 cm³/mol. The monoisotopic (exact) mass is 480 g/mol. The van der Waals surface area contributed by atoms with Gasteiger partial charge < -0.3 is 19.7 Å². The number of ether oxygens (including phenoxy) is 2. The van der Waals surface area contributed by atoms with E-state index in [9.17, 15) is 9.59 Å². The van der Waals surface area contributed by atoms with Gasteiger partial charge in [0, 0.05) is 24.5 Å². The van der Waals surface area contributed by atoms with Crippen molar-refractivity contribution < 1.29 is 19.1 Å². The Balaban J connectivity index is 1.85. The average molecular weight is 481 g/mol. The van der Waals surface area contributed by atoms with E-state index in [0.717, 1.165) is 11.1 Å². The van der Waals surface area contributed by atoms with E-state index >= 15 is 0 Å². The fraction of sp³-hybridized carbons (Fsp3) is 0.259. The van der Waals surface area contributed by atoms with Crippen LogP contribution in [0.3, 0.4) is 0 Å². The molecule has 0 radical (unpaired) electrons. The zero-order chi connectivity index (χ0) is 24.3. The van der Waals surface area contributed by atoms with Crippen molar-refractivity contribution in [2.45, 2.75) is 25.9 Å². The van der Waals surface area contributed by atoms with Crippen molar-refractivity contribution in [3.8, 4) is 11.5 Å². The number of halogens is 1. The number of hydrogen-bond acceptors (Lipinski definition) is 4. The second-order valence-corrected chi connectivity index (χ2v) is 8.15. The molecule has 178 valence electrons. The van der Waals surface area contributed by atoms with Crippen molar-refractivity contribution in [1.82, 2.24) is 10.2 Å². The topological polar surface area (TPSA) is 67.9 Å². The maximum Gasteiger partial charge on any atom is 0.261 e. The number of nitrogens with zero attached hydrogens (tertiary/aromatic N) is 1. The van der Waals surface area contributed by atoms with Crippen LogP contribution in [0.2, 0.25) is 5.02 Å². The summed E-state index contributed by atoms with van der Waals surface area (Å²) in [6.07, 6.45) is 0.383. The molecule has 34 heavy (non-hydrogen) atoms. The summed E-state index contributed by atoms with van der Waals surface area (Å²) in [6, 6.07) is 23.2. The molecular formula is C27H29ClN2O4. The van der Waals surface area contributed by atoms with E-state index in [1.807, 2.05) is 49.4 Å². The Hall–Kier alpha value is -3.51. The number of likely N-dealkylation sites (N-methyl/N-ethyl adjacent to an activating group) is 1. The van der Waals surface area contributed by atoms with Crippen molar-refractivity contribution >= 4 is 23.4 Å². The van der Waals surface area contributed by atoms with E-state index in [2.05, 4.69) is 5.32 Å². The molecule has 1 unspecified atom stereocenters. The molecule has 3 aromatic carbocycles. The minimum absolute atomic E-state index is 0.204. The second kappa shape index (κ2) is 12.7. The number of hydrogen-bond donors (Lipinski definition) is 1. The molecule has 2 amide bonds. The van der Waals surface area contributed by atoms with Crippen LogP contribution >= 0.6 is 11.6 Å². The SMILES string of the molecule is CCNC(=O)C(Cc1ccccc1)N(Cc1ccc(Cl)cc1)C(=O)COc1ccc(OC)cc1. The molecule has 6 nitrogen and oxygen atoms in total. The van der Waals surface area contributed by atoms with Gasteiger partial charge in [0.2, 0.25) is 5.91 Å². The third-order valence-electron chi connectivity index (χ3n) is 5.31. The standard InChI is InChI=1S/C27H29ClN2O4/c1-3-29-27(32)25(17-20-7-5-4-6-8-20)30(18-21-9-11-22(28)12-10-21)26(31)19-34-24-15-13-23(33-2)14-16-24/h4-16,25H,3,17-19H2,1-2H3,(H,29,32). The Bertz CT molecular complexity index is 1060. The third-order valence-corrected chi connectivity index (χ3v) is 5.56. The van der Waals surface area contributed by atoms with Crippen molar-refractivity contribution in [2.75, 3.05) is 20.3 Å². The smallest absolute Gasteiger partial charge is 0.261 e. The fourth-order valence-electron chi connectivity index (χ4n) is 3.53. The average Bonchev–Trinajstić information content (AvgIpc) is 2.87. The molecule has 0 bridgehead atoms. The van der Waals surface area contributed by atoms with E-state index in [1.54, 1.807) is 48.4 Å². The molecule has 1 atom stereocenters. The van der Waals surface area contributed by atoms with Gasteiger partial charge in [-0.25, -0.2) is 0 Å². The highest BCUT2D eigenvalue weighted by Crippen LogP contribution is 2.19. The molecule has 0 aromatic heterocycles. The van der Waals surface area contributed by atoms with Gasteiger partial charge in [0.1, 0.15) is 17.5 Å². The maximum atomic E-state index is 13.4. The lowest BCUT2D eigenvalue weighted by atomic mass is 10.0. The lowest BCUT2D eigenvalue weighted by Gasteiger charge is -2.31. The van der Waals surface area contributed by atoms with Gasteiger partial charge in [-0.2, -0.15) is 0 Å². The minimum Gasteiger partial charge on any atom is -0.497 e. The number of rotatable bonds is 11. The zero-order valence-electron chi connectivity index (χ0n) is 19.4. The van der Waals surface area contributed by atoms with E-state index in [0.29, 0.717) is 29.5 Å². The van der Waals surface area contributed by atoms with Crippen LogP contribution in [-0.4, -0.2) is 43.0 Å². The van der Waals surface area contributed by atoms with Crippen molar-refractivity contribution in [3.63, 3.8) is 0 Å². The first-order valence-electron chi connectivity index (χ1n) is 11.1. The number of carbonyl (C=O) groups is 2. The molecule has 0 aliphatic carbocycles. The molecule has 0 saturated carbocycles. The summed E-state index contributed by atoms with van der Waals surface area (Å²) in [5.74, 6) is 0.733. The highest BCUT2D eigenvalue weighted by molar-refractivity contribution is 6.30. The molecule has 0 heterocycles. The molecule has 0 saturated heterocycles. The molecule has 0 spiro atoms. The van der Waals surface area contributed by atoms with Crippen LogP contribution < -0.4 is 14.8 Å². The molecular weight excluding hydrogens is 452 g/mol. The summed E-state index contributed by atoms with van der Waals surface area (Å²) in [5.41, 5.74) is 1.83. The first-order valence-corrected chi connectivity index (χ1v) is 11.5. The van der Waals surface area contributed by atoms with Gasteiger partial charge in [-0.15, -0.1) is 0 Å². The van der Waals surface area contributed by atoms with Crippen LogP contribution in [0.1, 0.15) is 18.1 Å². The van der Waals surface area contributed by atoms with Crippen LogP contribution in [0, 0.1) is 0 Å². The lowest BCUT2D eigenvalue weighted by Crippen LogP contribution is -2.51. The summed E-state index contributed by atoms with van der Waals surface area (Å²) < 4.78 is 10.9. The third kappa shape index (κ3) is 7.25. The minimum atomic E-state index is -0.704. The van der Waals surface area contributed by atoms with Crippen molar-refractivity contribution in [2.24, 2.45) is 0 Å². The van der Waals surface area contributed by atoms with Crippen LogP contribution in [0.15, 0.2) is 78.9 Å². The van der Waals surface area contributed by atoms with E-state index < -0.39 is 6.04 Å². The lowest BCUT2D eigenvalue weighted by molar-refractivity contribution is -0.142. The number of methoxy groups -OCH3 is 1. The van der Waals surface area contributed by atoms with Crippen molar-refractivity contribution in [1.29, 1.82) is 0 Å². The molecule has 3 rings (SSSR count).